The summed E-state index contributed by atoms with van der Waals surface area (Å²) in [5.41, 5.74) is 0. The Kier molecular flexibility index (Phi) is 3.20. The van der Waals surface area contributed by atoms with Crippen LogP contribution in [0.4, 0.5) is 0 Å². The van der Waals surface area contributed by atoms with Crippen LogP contribution in [-0.2, 0) is 10.0 Å². The number of nitrogens with zero attached hydrogens (tertiary/aromatic N) is 2. The molecule has 1 aromatic rings. The smallest absolute Gasteiger partial charge is 0.217 e. The van der Waals surface area contributed by atoms with Crippen LogP contribution in [0.3, 0.4) is 0 Å². The minimum Gasteiger partial charge on any atom is -0.473 e. The van der Waals surface area contributed by atoms with Gasteiger partial charge in [0.25, 0.3) is 0 Å². The van der Waals surface area contributed by atoms with Gasteiger partial charge in [0.15, 0.2) is 0 Å². The Hall–Kier alpha value is -0.790. The van der Waals surface area contributed by atoms with Crippen LogP contribution in [0.2, 0.25) is 0 Å². The Bertz CT molecular complexity index is 625. The predicted molar refractivity (Wildman–Crippen MR) is 82.0 cm³/mol. The Labute approximate surface area is 129 Å². The van der Waals surface area contributed by atoms with Crippen LogP contribution in [0.25, 0.3) is 0 Å². The molecule has 0 bridgehead atoms. The minimum absolute atomic E-state index is 0.0708. The van der Waals surface area contributed by atoms with Gasteiger partial charge in [0.2, 0.25) is 15.9 Å². The van der Waals surface area contributed by atoms with E-state index in [-0.39, 0.29) is 16.1 Å². The van der Waals surface area contributed by atoms with E-state index >= 15 is 0 Å². The third-order valence-corrected chi connectivity index (χ3v) is 8.20. The van der Waals surface area contributed by atoms with E-state index in [0.29, 0.717) is 19.0 Å². The SMILES string of the molecule is O=S(=O)(C1CC1)N1CC2(C[C@H](Oc3ccccn3)CS2)C1. The van der Waals surface area contributed by atoms with Gasteiger partial charge in [-0.15, -0.1) is 11.8 Å². The molecule has 3 aliphatic rings. The summed E-state index contributed by atoms with van der Waals surface area (Å²) in [5.74, 6) is 1.57. The van der Waals surface area contributed by atoms with E-state index in [0.717, 1.165) is 25.0 Å². The number of ether oxygens (including phenoxy) is 1. The molecule has 1 aliphatic carbocycles. The molecule has 5 nitrogen and oxygen atoms in total. The molecule has 1 atom stereocenters. The predicted octanol–water partition coefficient (Wildman–Crippen LogP) is 1.51. The first kappa shape index (κ1) is 13.8. The molecule has 1 saturated carbocycles. The van der Waals surface area contributed by atoms with Crippen molar-refractivity contribution in [2.75, 3.05) is 18.8 Å². The standard InChI is InChI=1S/C14H18N2O3S2/c17-21(18,12-4-5-12)16-9-14(10-16)7-11(8-20-14)19-13-3-1-2-6-15-13/h1-3,6,11-12H,4-5,7-10H2/t11-/m0/s1. The van der Waals surface area contributed by atoms with Crippen LogP contribution in [0.15, 0.2) is 24.4 Å². The van der Waals surface area contributed by atoms with Crippen molar-refractivity contribution in [1.29, 1.82) is 0 Å². The third-order valence-electron chi connectivity index (χ3n) is 4.33. The first-order valence-electron chi connectivity index (χ1n) is 7.28. The Balaban J connectivity index is 1.35. The minimum atomic E-state index is -3.00. The monoisotopic (exact) mass is 326 g/mol. The molecule has 1 aromatic heterocycles. The highest BCUT2D eigenvalue weighted by molar-refractivity contribution is 8.01. The number of rotatable bonds is 4. The van der Waals surface area contributed by atoms with Gasteiger partial charge in [-0.25, -0.2) is 13.4 Å². The molecular weight excluding hydrogens is 308 g/mol. The summed E-state index contributed by atoms with van der Waals surface area (Å²) in [6.45, 7) is 1.30. The molecule has 0 aromatic carbocycles. The van der Waals surface area contributed by atoms with Gasteiger partial charge in [0, 0.05) is 42.3 Å². The lowest BCUT2D eigenvalue weighted by molar-refractivity contribution is 0.155. The Morgan fingerprint density at radius 3 is 2.81 bits per heavy atom. The highest BCUT2D eigenvalue weighted by atomic mass is 32.2. The highest BCUT2D eigenvalue weighted by Crippen LogP contribution is 2.48. The second-order valence-corrected chi connectivity index (χ2v) is 9.82. The van der Waals surface area contributed by atoms with E-state index in [9.17, 15) is 8.42 Å². The van der Waals surface area contributed by atoms with Gasteiger partial charge in [-0.2, -0.15) is 4.31 Å². The lowest BCUT2D eigenvalue weighted by Crippen LogP contribution is -2.61. The first-order valence-corrected chi connectivity index (χ1v) is 9.77. The fraction of sp³-hybridized carbons (Fsp3) is 0.643. The van der Waals surface area contributed by atoms with Gasteiger partial charge in [-0.1, -0.05) is 6.07 Å². The van der Waals surface area contributed by atoms with Gasteiger partial charge in [-0.05, 0) is 18.9 Å². The number of hydrogen-bond acceptors (Lipinski definition) is 5. The fourth-order valence-electron chi connectivity index (χ4n) is 3.04. The molecular formula is C14H18N2O3S2. The van der Waals surface area contributed by atoms with Crippen molar-refractivity contribution in [3.8, 4) is 5.88 Å². The first-order chi connectivity index (χ1) is 10.1. The molecule has 2 saturated heterocycles. The van der Waals surface area contributed by atoms with E-state index in [1.54, 1.807) is 10.5 Å². The quantitative estimate of drug-likeness (QED) is 0.839. The lowest BCUT2D eigenvalue weighted by atomic mass is 9.95. The van der Waals surface area contributed by atoms with Crippen LogP contribution in [-0.4, -0.2) is 52.7 Å². The van der Waals surface area contributed by atoms with Crippen molar-refractivity contribution in [2.24, 2.45) is 0 Å². The zero-order chi connectivity index (χ0) is 14.5. The molecule has 114 valence electrons. The summed E-state index contributed by atoms with van der Waals surface area (Å²) >= 11 is 1.85. The summed E-state index contributed by atoms with van der Waals surface area (Å²) in [6.07, 6.45) is 4.44. The van der Waals surface area contributed by atoms with E-state index in [1.807, 2.05) is 30.0 Å². The lowest BCUT2D eigenvalue weighted by Gasteiger charge is -2.46. The number of thioether (sulfide) groups is 1. The zero-order valence-corrected chi connectivity index (χ0v) is 13.3. The summed E-state index contributed by atoms with van der Waals surface area (Å²) in [6, 6.07) is 5.64. The maximum Gasteiger partial charge on any atom is 0.217 e. The van der Waals surface area contributed by atoms with Gasteiger partial charge < -0.3 is 4.74 Å². The molecule has 3 heterocycles. The Morgan fingerprint density at radius 1 is 1.33 bits per heavy atom. The molecule has 4 rings (SSSR count). The fourth-order valence-corrected chi connectivity index (χ4v) is 6.73. The molecule has 0 N–H and O–H groups in total. The van der Waals surface area contributed by atoms with Crippen molar-refractivity contribution < 1.29 is 13.2 Å². The van der Waals surface area contributed by atoms with Gasteiger partial charge in [0.1, 0.15) is 6.10 Å². The van der Waals surface area contributed by atoms with Crippen molar-refractivity contribution >= 4 is 21.8 Å². The summed E-state index contributed by atoms with van der Waals surface area (Å²) in [5, 5.41) is -0.0955. The normalized spacial score (nSPS) is 28.5. The number of hydrogen-bond donors (Lipinski definition) is 0. The van der Waals surface area contributed by atoms with Gasteiger partial charge in [0.05, 0.1) is 5.25 Å². The van der Waals surface area contributed by atoms with Crippen molar-refractivity contribution in [2.45, 2.75) is 35.4 Å². The van der Waals surface area contributed by atoms with Crippen LogP contribution in [0, 0.1) is 0 Å². The molecule has 1 spiro atoms. The average Bonchev–Trinajstić information content (AvgIpc) is 3.20. The number of pyridine rings is 1. The second-order valence-electron chi connectivity index (χ2n) is 6.12. The zero-order valence-electron chi connectivity index (χ0n) is 11.6. The molecule has 21 heavy (non-hydrogen) atoms. The molecule has 0 amide bonds. The number of sulfonamides is 1. The van der Waals surface area contributed by atoms with Crippen molar-refractivity contribution in [3.63, 3.8) is 0 Å². The van der Waals surface area contributed by atoms with E-state index in [1.165, 1.54) is 0 Å². The summed E-state index contributed by atoms with van der Waals surface area (Å²) in [4.78, 5) is 4.18. The second kappa shape index (κ2) is 4.86. The number of aromatic nitrogens is 1. The van der Waals surface area contributed by atoms with Crippen molar-refractivity contribution in [1.82, 2.24) is 9.29 Å². The van der Waals surface area contributed by atoms with Crippen LogP contribution in [0.1, 0.15) is 19.3 Å². The van der Waals surface area contributed by atoms with E-state index in [4.69, 9.17) is 4.74 Å². The highest BCUT2D eigenvalue weighted by Gasteiger charge is 2.55. The largest absolute Gasteiger partial charge is 0.473 e. The molecule has 0 radical (unpaired) electrons. The van der Waals surface area contributed by atoms with E-state index in [2.05, 4.69) is 4.98 Å². The maximum atomic E-state index is 12.2. The molecule has 2 aliphatic heterocycles. The molecule has 0 unspecified atom stereocenters. The van der Waals surface area contributed by atoms with Gasteiger partial charge in [-0.3, -0.25) is 0 Å². The van der Waals surface area contributed by atoms with E-state index < -0.39 is 10.0 Å². The van der Waals surface area contributed by atoms with Crippen molar-refractivity contribution in [3.05, 3.63) is 24.4 Å². The third kappa shape index (κ3) is 2.55. The van der Waals surface area contributed by atoms with Crippen LogP contribution < -0.4 is 4.74 Å². The summed E-state index contributed by atoms with van der Waals surface area (Å²) < 4.78 is 32.0. The molecule has 3 fully saturated rings. The topological polar surface area (TPSA) is 59.5 Å². The van der Waals surface area contributed by atoms with Gasteiger partial charge >= 0.3 is 0 Å². The Morgan fingerprint density at radius 2 is 2.14 bits per heavy atom. The average molecular weight is 326 g/mol. The summed E-state index contributed by atoms with van der Waals surface area (Å²) in [7, 11) is -3.00. The molecule has 7 heteroatoms. The van der Waals surface area contributed by atoms with Crippen LogP contribution >= 0.6 is 11.8 Å². The van der Waals surface area contributed by atoms with Crippen LogP contribution in [0.5, 0.6) is 5.88 Å². The maximum absolute atomic E-state index is 12.2.